The number of carbonyl (C=O) groups is 2. The second-order valence-electron chi connectivity index (χ2n) is 6.80. The van der Waals surface area contributed by atoms with Crippen molar-refractivity contribution in [2.45, 2.75) is 25.4 Å². The normalized spacial score (nSPS) is 14.1. The van der Waals surface area contributed by atoms with Gasteiger partial charge in [-0.1, -0.05) is 35.3 Å². The van der Waals surface area contributed by atoms with Gasteiger partial charge in [-0.2, -0.15) is 4.99 Å². The molecule has 1 saturated carbocycles. The van der Waals surface area contributed by atoms with Crippen LogP contribution in [0.1, 0.15) is 39.1 Å². The zero-order valence-electron chi connectivity index (χ0n) is 15.3. The minimum absolute atomic E-state index is 0.0536. The number of thiazole rings is 1. The van der Waals surface area contributed by atoms with Crippen LogP contribution in [0, 0.1) is 0 Å². The zero-order valence-corrected chi connectivity index (χ0v) is 17.6. The molecular formula is C21H17Cl2N3O2S. The van der Waals surface area contributed by atoms with Crippen molar-refractivity contribution in [1.29, 1.82) is 0 Å². The van der Waals surface area contributed by atoms with Gasteiger partial charge in [0.15, 0.2) is 4.80 Å². The predicted octanol–water partition coefficient (Wildman–Crippen LogP) is 4.54. The Morgan fingerprint density at radius 1 is 1.17 bits per heavy atom. The maximum absolute atomic E-state index is 12.5. The lowest BCUT2D eigenvalue weighted by Crippen LogP contribution is -2.25. The van der Waals surface area contributed by atoms with Gasteiger partial charge in [-0.15, -0.1) is 11.3 Å². The summed E-state index contributed by atoms with van der Waals surface area (Å²) in [7, 11) is 0. The third-order valence-corrected chi connectivity index (χ3v) is 5.82. The number of hydrogen-bond acceptors (Lipinski definition) is 3. The van der Waals surface area contributed by atoms with Gasteiger partial charge in [0, 0.05) is 34.7 Å². The van der Waals surface area contributed by atoms with Crippen LogP contribution >= 0.6 is 34.5 Å². The molecule has 0 spiro atoms. The van der Waals surface area contributed by atoms with E-state index in [9.17, 15) is 9.59 Å². The average molecular weight is 446 g/mol. The van der Waals surface area contributed by atoms with E-state index in [1.807, 2.05) is 34.3 Å². The standard InChI is InChI=1S/C21H17Cl2N3O2S/c22-15-4-7-17(18(23)11-15)20(28)25-21-26(8-9-29-21)12-13-2-1-3-14(10-13)19(27)24-16-5-6-16/h1-4,7-11,16H,5-6,12H2,(H,24,27). The second-order valence-corrected chi connectivity index (χ2v) is 8.52. The van der Waals surface area contributed by atoms with Crippen LogP contribution in [-0.4, -0.2) is 22.4 Å². The fourth-order valence-corrected chi connectivity index (χ4v) is 4.04. The minimum Gasteiger partial charge on any atom is -0.349 e. The summed E-state index contributed by atoms with van der Waals surface area (Å²) >= 11 is 13.4. The number of halogens is 2. The van der Waals surface area contributed by atoms with E-state index in [1.165, 1.54) is 17.4 Å². The van der Waals surface area contributed by atoms with Crippen molar-refractivity contribution >= 4 is 46.4 Å². The highest BCUT2D eigenvalue weighted by atomic mass is 35.5. The third-order valence-electron chi connectivity index (χ3n) is 4.47. The maximum Gasteiger partial charge on any atom is 0.281 e. The summed E-state index contributed by atoms with van der Waals surface area (Å²) in [6, 6.07) is 12.5. The topological polar surface area (TPSA) is 63.5 Å². The molecule has 29 heavy (non-hydrogen) atoms. The highest BCUT2D eigenvalue weighted by Gasteiger charge is 2.23. The molecule has 4 rings (SSSR count). The number of carbonyl (C=O) groups excluding carboxylic acids is 2. The fourth-order valence-electron chi connectivity index (χ4n) is 2.82. The van der Waals surface area contributed by atoms with Crippen molar-refractivity contribution in [2.24, 2.45) is 4.99 Å². The van der Waals surface area contributed by atoms with Gasteiger partial charge in [-0.05, 0) is 48.7 Å². The first-order valence-corrected chi connectivity index (χ1v) is 10.7. The first-order valence-electron chi connectivity index (χ1n) is 9.07. The molecule has 148 valence electrons. The van der Waals surface area contributed by atoms with Gasteiger partial charge >= 0.3 is 0 Å². The third kappa shape index (κ3) is 4.96. The van der Waals surface area contributed by atoms with E-state index in [-0.39, 0.29) is 10.9 Å². The molecule has 1 aliphatic carbocycles. The van der Waals surface area contributed by atoms with Gasteiger partial charge in [0.25, 0.3) is 11.8 Å². The number of benzene rings is 2. The van der Waals surface area contributed by atoms with Gasteiger partial charge in [0.1, 0.15) is 0 Å². The van der Waals surface area contributed by atoms with Crippen LogP contribution in [0.25, 0.3) is 0 Å². The molecule has 3 aromatic rings. The van der Waals surface area contributed by atoms with Gasteiger partial charge in [0.05, 0.1) is 10.6 Å². The molecular weight excluding hydrogens is 429 g/mol. The van der Waals surface area contributed by atoms with Crippen molar-refractivity contribution in [3.05, 3.63) is 85.6 Å². The van der Waals surface area contributed by atoms with Crippen LogP contribution in [0.3, 0.4) is 0 Å². The van der Waals surface area contributed by atoms with Crippen LogP contribution in [0.2, 0.25) is 10.0 Å². The molecule has 0 radical (unpaired) electrons. The maximum atomic E-state index is 12.5. The van der Waals surface area contributed by atoms with Crippen LogP contribution < -0.4 is 10.1 Å². The molecule has 0 bridgehead atoms. The van der Waals surface area contributed by atoms with Crippen molar-refractivity contribution in [1.82, 2.24) is 9.88 Å². The molecule has 0 unspecified atom stereocenters. The number of aromatic nitrogens is 1. The van der Waals surface area contributed by atoms with E-state index in [0.29, 0.717) is 33.5 Å². The Kier molecular flexibility index (Phi) is 5.85. The summed E-state index contributed by atoms with van der Waals surface area (Å²) in [6.45, 7) is 0.495. The molecule has 0 atom stereocenters. The van der Waals surface area contributed by atoms with E-state index >= 15 is 0 Å². The smallest absolute Gasteiger partial charge is 0.281 e. The first-order chi connectivity index (χ1) is 14.0. The largest absolute Gasteiger partial charge is 0.349 e. The fraction of sp³-hybridized carbons (Fsp3) is 0.190. The van der Waals surface area contributed by atoms with Crippen LogP contribution in [0.5, 0.6) is 0 Å². The lowest BCUT2D eigenvalue weighted by molar-refractivity contribution is 0.0949. The van der Waals surface area contributed by atoms with Gasteiger partial charge in [-0.3, -0.25) is 9.59 Å². The molecule has 1 N–H and O–H groups in total. The highest BCUT2D eigenvalue weighted by molar-refractivity contribution is 7.07. The van der Waals surface area contributed by atoms with Gasteiger partial charge < -0.3 is 9.88 Å². The van der Waals surface area contributed by atoms with E-state index in [1.54, 1.807) is 18.2 Å². The molecule has 1 aromatic heterocycles. The van der Waals surface area contributed by atoms with Gasteiger partial charge in [-0.25, -0.2) is 0 Å². The number of nitrogens with zero attached hydrogens (tertiary/aromatic N) is 2. The molecule has 0 aliphatic heterocycles. The number of rotatable bonds is 5. The van der Waals surface area contributed by atoms with Crippen molar-refractivity contribution in [3.63, 3.8) is 0 Å². The van der Waals surface area contributed by atoms with Gasteiger partial charge in [0.2, 0.25) is 0 Å². The molecule has 2 amide bonds. The Morgan fingerprint density at radius 2 is 2.00 bits per heavy atom. The van der Waals surface area contributed by atoms with Crippen LogP contribution in [0.4, 0.5) is 0 Å². The van der Waals surface area contributed by atoms with E-state index in [0.717, 1.165) is 18.4 Å². The molecule has 1 heterocycles. The second kappa shape index (κ2) is 8.53. The lowest BCUT2D eigenvalue weighted by Gasteiger charge is -2.07. The Bertz CT molecular complexity index is 1150. The average Bonchev–Trinajstić information content (AvgIpc) is 3.40. The first kappa shape index (κ1) is 19.9. The summed E-state index contributed by atoms with van der Waals surface area (Å²) < 4.78 is 1.87. The zero-order chi connectivity index (χ0) is 20.4. The van der Waals surface area contributed by atoms with E-state index < -0.39 is 5.91 Å². The summed E-state index contributed by atoms with van der Waals surface area (Å²) in [4.78, 5) is 29.6. The Labute approximate surface area is 181 Å². The van der Waals surface area contributed by atoms with E-state index in [4.69, 9.17) is 23.2 Å². The van der Waals surface area contributed by atoms with Crippen molar-refractivity contribution < 1.29 is 9.59 Å². The SMILES string of the molecule is O=C(NC1CC1)c1cccc(Cn2ccsc2=NC(=O)c2ccc(Cl)cc2Cl)c1. The van der Waals surface area contributed by atoms with Crippen LogP contribution in [-0.2, 0) is 6.54 Å². The highest BCUT2D eigenvalue weighted by Crippen LogP contribution is 2.22. The molecule has 8 heteroatoms. The Balaban J connectivity index is 1.55. The van der Waals surface area contributed by atoms with E-state index in [2.05, 4.69) is 10.3 Å². The number of amides is 2. The Hall–Kier alpha value is -2.41. The summed E-state index contributed by atoms with van der Waals surface area (Å²) in [6.07, 6.45) is 3.95. The molecule has 5 nitrogen and oxygen atoms in total. The Morgan fingerprint density at radius 3 is 2.76 bits per heavy atom. The van der Waals surface area contributed by atoms with Crippen molar-refractivity contribution in [2.75, 3.05) is 0 Å². The molecule has 2 aromatic carbocycles. The van der Waals surface area contributed by atoms with Crippen LogP contribution in [0.15, 0.2) is 59.0 Å². The summed E-state index contributed by atoms with van der Waals surface area (Å²) in [5, 5.41) is 5.58. The molecule has 0 saturated heterocycles. The lowest BCUT2D eigenvalue weighted by atomic mass is 10.1. The number of nitrogens with one attached hydrogen (secondary N) is 1. The quantitative estimate of drug-likeness (QED) is 0.626. The summed E-state index contributed by atoms with van der Waals surface area (Å²) in [5.41, 5.74) is 1.88. The molecule has 1 aliphatic rings. The number of hydrogen-bond donors (Lipinski definition) is 1. The van der Waals surface area contributed by atoms with Crippen molar-refractivity contribution in [3.8, 4) is 0 Å². The minimum atomic E-state index is -0.430. The predicted molar refractivity (Wildman–Crippen MR) is 115 cm³/mol. The molecule has 1 fully saturated rings. The monoisotopic (exact) mass is 445 g/mol. The summed E-state index contributed by atoms with van der Waals surface area (Å²) in [5.74, 6) is -0.484.